The van der Waals surface area contributed by atoms with Crippen molar-refractivity contribution in [2.75, 3.05) is 50.7 Å². The van der Waals surface area contributed by atoms with Crippen LogP contribution in [0.15, 0.2) is 29.0 Å². The van der Waals surface area contributed by atoms with Crippen molar-refractivity contribution in [3.8, 4) is 11.5 Å². The zero-order valence-corrected chi connectivity index (χ0v) is 25.0. The average Bonchev–Trinajstić information content (AvgIpc) is 3.70. The van der Waals surface area contributed by atoms with Crippen LogP contribution in [0, 0.1) is 5.92 Å². The van der Waals surface area contributed by atoms with Gasteiger partial charge in [0.1, 0.15) is 12.5 Å². The van der Waals surface area contributed by atoms with Crippen LogP contribution in [0.25, 0.3) is 11.5 Å². The number of aromatic nitrogens is 3. The number of hydrogen-bond acceptors (Lipinski definition) is 8. The molecular formula is C32H43F2N7O2. The van der Waals surface area contributed by atoms with Crippen LogP contribution >= 0.6 is 0 Å². The van der Waals surface area contributed by atoms with Gasteiger partial charge in [-0.3, -0.25) is 9.58 Å². The Morgan fingerprint density at radius 3 is 2.60 bits per heavy atom. The molecule has 2 N–H and O–H groups in total. The van der Waals surface area contributed by atoms with E-state index in [0.29, 0.717) is 24.7 Å². The van der Waals surface area contributed by atoms with Crippen LogP contribution in [0.2, 0.25) is 0 Å². The summed E-state index contributed by atoms with van der Waals surface area (Å²) in [6.45, 7) is 9.49. The second kappa shape index (κ2) is 12.3. The first kappa shape index (κ1) is 28.9. The molecule has 9 nitrogen and oxygen atoms in total. The molecule has 6 heterocycles. The Morgan fingerprint density at radius 2 is 1.88 bits per heavy atom. The normalized spacial score (nSPS) is 21.7. The lowest BCUT2D eigenvalue weighted by molar-refractivity contribution is 0.00849. The van der Waals surface area contributed by atoms with Crippen molar-refractivity contribution in [2.24, 2.45) is 5.92 Å². The largest absolute Gasteiger partial charge is 0.445 e. The maximum Gasteiger partial charge on any atom is 0.264 e. The number of hydrogen-bond donors (Lipinski definition) is 2. The third-order valence-electron chi connectivity index (χ3n) is 10.0. The maximum atomic E-state index is 14.4. The quantitative estimate of drug-likeness (QED) is 0.400. The molecule has 4 aliphatic rings. The average molecular weight is 596 g/mol. The van der Waals surface area contributed by atoms with E-state index >= 15 is 0 Å². The minimum Gasteiger partial charge on any atom is -0.445 e. The van der Waals surface area contributed by atoms with Crippen molar-refractivity contribution in [1.82, 2.24) is 29.9 Å². The van der Waals surface area contributed by atoms with E-state index in [1.807, 2.05) is 13.0 Å². The van der Waals surface area contributed by atoms with Crippen LogP contribution in [0.1, 0.15) is 73.9 Å². The molecule has 0 aliphatic carbocycles. The van der Waals surface area contributed by atoms with E-state index < -0.39 is 12.7 Å². The lowest BCUT2D eigenvalue weighted by atomic mass is 9.94. The van der Waals surface area contributed by atoms with Gasteiger partial charge in [-0.25, -0.2) is 13.8 Å². The Balaban J connectivity index is 1.21. The first-order chi connectivity index (χ1) is 21.0. The number of likely N-dealkylation sites (tertiary alicyclic amines) is 1. The van der Waals surface area contributed by atoms with E-state index in [2.05, 4.69) is 29.7 Å². The maximum absolute atomic E-state index is 14.4. The van der Waals surface area contributed by atoms with Gasteiger partial charge in [-0.05, 0) is 82.2 Å². The molecule has 2 aromatic heterocycles. The lowest BCUT2D eigenvalue weighted by Crippen LogP contribution is -2.41. The Kier molecular flexibility index (Phi) is 8.24. The number of nitrogens with one attached hydrogen (secondary N) is 1. The van der Waals surface area contributed by atoms with E-state index in [1.165, 1.54) is 37.5 Å². The predicted molar refractivity (Wildman–Crippen MR) is 161 cm³/mol. The monoisotopic (exact) mass is 595 g/mol. The highest BCUT2D eigenvalue weighted by Gasteiger charge is 2.35. The topological polar surface area (TPSA) is 85.8 Å². The standard InChI is InChI=1S/C32H43F2N7O2/c1-21(42)39-15-8-28-27(20-39)31(37-41(28)24-6-13-38(14-7-24)19-22-4-9-35-10-5-22)40-12-2-3-23-17-26(32-36-11-16-43-32)25(30(33)34)18-29(23)40/h11,16-18,21-22,24,30,35,42H,2-10,12-15,19-20H2,1H3. The van der Waals surface area contributed by atoms with E-state index in [0.717, 1.165) is 93.4 Å². The van der Waals surface area contributed by atoms with Crippen LogP contribution in [-0.4, -0.2) is 81.7 Å². The molecule has 1 atom stereocenters. The van der Waals surface area contributed by atoms with Gasteiger partial charge in [-0.1, -0.05) is 0 Å². The number of aliphatic hydroxyl groups excluding tert-OH is 1. The number of piperidine rings is 2. The van der Waals surface area contributed by atoms with Gasteiger partial charge in [0.15, 0.2) is 5.82 Å². The van der Waals surface area contributed by atoms with Crippen molar-refractivity contribution >= 4 is 11.5 Å². The summed E-state index contributed by atoms with van der Waals surface area (Å²) >= 11 is 0. The number of benzene rings is 1. The van der Waals surface area contributed by atoms with Crippen molar-refractivity contribution in [3.63, 3.8) is 0 Å². The highest BCUT2D eigenvalue weighted by molar-refractivity contribution is 5.74. The molecule has 0 amide bonds. The Labute approximate surface area is 251 Å². The number of halogens is 2. The lowest BCUT2D eigenvalue weighted by Gasteiger charge is -2.36. The minimum atomic E-state index is -2.66. The molecule has 0 bridgehead atoms. The second-order valence-corrected chi connectivity index (χ2v) is 12.7. The molecule has 4 aliphatic heterocycles. The van der Waals surface area contributed by atoms with Gasteiger partial charge >= 0.3 is 0 Å². The highest BCUT2D eigenvalue weighted by atomic mass is 19.3. The summed E-state index contributed by atoms with van der Waals surface area (Å²) in [4.78, 5) is 11.0. The van der Waals surface area contributed by atoms with Crippen LogP contribution in [-0.2, 0) is 19.4 Å². The third-order valence-corrected chi connectivity index (χ3v) is 10.0. The summed E-state index contributed by atoms with van der Waals surface area (Å²) in [5, 5.41) is 19.3. The van der Waals surface area contributed by atoms with Gasteiger partial charge in [0.25, 0.3) is 6.43 Å². The molecule has 0 spiro atoms. The number of aliphatic hydroxyl groups is 1. The first-order valence-electron chi connectivity index (χ1n) is 16.0. The SMILES string of the molecule is CC(O)N1CCc2c(c(N3CCCc4cc(-c5ncco5)c(C(F)F)cc43)nn2C2CCN(CC3CCNCC3)CC2)C1. The molecule has 1 unspecified atom stereocenters. The number of fused-ring (bicyclic) bond motifs is 2. The molecule has 7 rings (SSSR count). The third kappa shape index (κ3) is 5.72. The number of rotatable bonds is 7. The molecular weight excluding hydrogens is 552 g/mol. The second-order valence-electron chi connectivity index (χ2n) is 12.7. The molecule has 0 saturated carbocycles. The Bertz CT molecular complexity index is 1400. The number of nitrogens with zero attached hydrogens (tertiary/aromatic N) is 6. The Hall–Kier alpha value is -2.86. The van der Waals surface area contributed by atoms with E-state index in [-0.39, 0.29) is 11.5 Å². The van der Waals surface area contributed by atoms with E-state index in [4.69, 9.17) is 9.52 Å². The van der Waals surface area contributed by atoms with Crippen LogP contribution in [0.4, 0.5) is 20.3 Å². The fraction of sp³-hybridized carbons (Fsp3) is 0.625. The molecule has 0 radical (unpaired) electrons. The van der Waals surface area contributed by atoms with Gasteiger partial charge < -0.3 is 24.6 Å². The summed E-state index contributed by atoms with van der Waals surface area (Å²) in [7, 11) is 0. The molecule has 11 heteroatoms. The van der Waals surface area contributed by atoms with Crippen molar-refractivity contribution in [3.05, 3.63) is 47.0 Å². The van der Waals surface area contributed by atoms with Gasteiger partial charge in [-0.15, -0.1) is 0 Å². The van der Waals surface area contributed by atoms with Crippen molar-refractivity contribution < 1.29 is 18.3 Å². The van der Waals surface area contributed by atoms with Crippen LogP contribution < -0.4 is 10.2 Å². The van der Waals surface area contributed by atoms with Gasteiger partial charge in [0.05, 0.1) is 12.2 Å². The summed E-state index contributed by atoms with van der Waals surface area (Å²) in [5.74, 6) is 1.85. The minimum absolute atomic E-state index is 0.0758. The van der Waals surface area contributed by atoms with E-state index in [9.17, 15) is 13.9 Å². The zero-order valence-electron chi connectivity index (χ0n) is 25.0. The van der Waals surface area contributed by atoms with Gasteiger partial charge in [-0.2, -0.15) is 5.10 Å². The summed E-state index contributed by atoms with van der Waals surface area (Å²) in [6.07, 6.45) is 6.82. The number of alkyl halides is 2. The van der Waals surface area contributed by atoms with Crippen molar-refractivity contribution in [2.45, 2.75) is 77.1 Å². The first-order valence-corrected chi connectivity index (χ1v) is 16.0. The van der Waals surface area contributed by atoms with Gasteiger partial charge in [0, 0.05) is 73.8 Å². The summed E-state index contributed by atoms with van der Waals surface area (Å²) in [5.41, 5.74) is 4.42. The number of oxazole rings is 1. The molecule has 3 aromatic rings. The van der Waals surface area contributed by atoms with Crippen molar-refractivity contribution in [1.29, 1.82) is 0 Å². The van der Waals surface area contributed by atoms with Gasteiger partial charge in [0.2, 0.25) is 5.89 Å². The van der Waals surface area contributed by atoms with E-state index in [1.54, 1.807) is 6.07 Å². The summed E-state index contributed by atoms with van der Waals surface area (Å²) in [6, 6.07) is 3.77. The molecule has 1 aromatic carbocycles. The molecule has 43 heavy (non-hydrogen) atoms. The molecule has 2 saturated heterocycles. The summed E-state index contributed by atoms with van der Waals surface area (Å²) < 4.78 is 36.5. The highest BCUT2D eigenvalue weighted by Crippen LogP contribution is 2.43. The predicted octanol–water partition coefficient (Wildman–Crippen LogP) is 4.89. The fourth-order valence-electron chi connectivity index (χ4n) is 7.65. The smallest absolute Gasteiger partial charge is 0.264 e. The van der Waals surface area contributed by atoms with Crippen LogP contribution in [0.3, 0.4) is 0 Å². The number of aryl methyl sites for hydroxylation is 1. The Morgan fingerprint density at radius 1 is 1.07 bits per heavy atom. The molecule has 2 fully saturated rings. The zero-order chi connectivity index (χ0) is 29.5. The molecule has 232 valence electrons. The van der Waals surface area contributed by atoms with Crippen LogP contribution in [0.5, 0.6) is 0 Å². The fourth-order valence-corrected chi connectivity index (χ4v) is 7.65. The number of anilines is 2.